The van der Waals surface area contributed by atoms with Gasteiger partial charge in [0.05, 0.1) is 16.3 Å². The van der Waals surface area contributed by atoms with Gasteiger partial charge in [-0.15, -0.1) is 0 Å². The number of primary amides is 1. The molecule has 9 nitrogen and oxygen atoms in total. The number of amides is 3. The highest BCUT2D eigenvalue weighted by atomic mass is 35.5. The normalized spacial score (nSPS) is 13.0. The van der Waals surface area contributed by atoms with Gasteiger partial charge in [0.15, 0.2) is 0 Å². The van der Waals surface area contributed by atoms with Crippen molar-refractivity contribution in [3.63, 3.8) is 0 Å². The SMILES string of the molecule is CNC(=O)Nc1cc(Nc2ncc(C(N)=O)c(NCC3CC3)n2)ccc1Cl. The summed E-state index contributed by atoms with van der Waals surface area (Å²) < 4.78 is 0. The van der Waals surface area contributed by atoms with Gasteiger partial charge in [-0.1, -0.05) is 11.6 Å². The molecule has 0 radical (unpaired) electrons. The van der Waals surface area contributed by atoms with E-state index in [4.69, 9.17) is 17.3 Å². The predicted molar refractivity (Wildman–Crippen MR) is 105 cm³/mol. The molecule has 0 bridgehead atoms. The molecule has 0 spiro atoms. The maximum absolute atomic E-state index is 11.6. The molecule has 6 N–H and O–H groups in total. The summed E-state index contributed by atoms with van der Waals surface area (Å²) in [5, 5.41) is 11.7. The first-order valence-corrected chi connectivity index (χ1v) is 8.80. The van der Waals surface area contributed by atoms with E-state index in [-0.39, 0.29) is 17.5 Å². The molecule has 1 fully saturated rings. The molecule has 0 saturated heterocycles. The van der Waals surface area contributed by atoms with Crippen LogP contribution >= 0.6 is 11.6 Å². The average Bonchev–Trinajstić information content (AvgIpc) is 3.47. The van der Waals surface area contributed by atoms with Crippen molar-refractivity contribution in [3.8, 4) is 0 Å². The summed E-state index contributed by atoms with van der Waals surface area (Å²) in [6.45, 7) is 0.734. The number of urea groups is 1. The van der Waals surface area contributed by atoms with Gasteiger partial charge >= 0.3 is 6.03 Å². The number of carbonyl (C=O) groups excluding carboxylic acids is 2. The van der Waals surface area contributed by atoms with E-state index in [2.05, 4.69) is 31.2 Å². The Balaban J connectivity index is 1.79. The van der Waals surface area contributed by atoms with E-state index >= 15 is 0 Å². The predicted octanol–water partition coefficient (Wildman–Crippen LogP) is 2.55. The fraction of sp³-hybridized carbons (Fsp3) is 0.294. The van der Waals surface area contributed by atoms with Gasteiger partial charge in [-0.05, 0) is 37.0 Å². The van der Waals surface area contributed by atoms with E-state index in [0.717, 1.165) is 6.54 Å². The summed E-state index contributed by atoms with van der Waals surface area (Å²) in [5.41, 5.74) is 6.68. The van der Waals surface area contributed by atoms with Crippen LogP contribution in [-0.2, 0) is 0 Å². The minimum atomic E-state index is -0.594. The van der Waals surface area contributed by atoms with E-state index in [1.807, 2.05) is 0 Å². The highest BCUT2D eigenvalue weighted by molar-refractivity contribution is 6.33. The molecule has 1 saturated carbocycles. The second kappa shape index (κ2) is 8.09. The van der Waals surface area contributed by atoms with Crippen LogP contribution in [0, 0.1) is 5.92 Å². The van der Waals surface area contributed by atoms with E-state index in [9.17, 15) is 9.59 Å². The van der Waals surface area contributed by atoms with Gasteiger partial charge in [0, 0.05) is 25.5 Å². The zero-order valence-electron chi connectivity index (χ0n) is 14.7. The Morgan fingerprint density at radius 3 is 2.78 bits per heavy atom. The molecule has 1 aliphatic rings. The van der Waals surface area contributed by atoms with Gasteiger partial charge in [-0.25, -0.2) is 9.78 Å². The maximum Gasteiger partial charge on any atom is 0.319 e. The molecule has 142 valence electrons. The van der Waals surface area contributed by atoms with Gasteiger partial charge < -0.3 is 27.0 Å². The van der Waals surface area contributed by atoms with Crippen molar-refractivity contribution in [1.82, 2.24) is 15.3 Å². The molecule has 3 amide bonds. The third kappa shape index (κ3) is 4.98. The summed E-state index contributed by atoms with van der Waals surface area (Å²) in [7, 11) is 1.51. The number of halogens is 1. The van der Waals surface area contributed by atoms with Crippen molar-refractivity contribution in [2.45, 2.75) is 12.8 Å². The van der Waals surface area contributed by atoms with Crippen LogP contribution in [-0.4, -0.2) is 35.5 Å². The molecule has 1 aromatic carbocycles. The molecule has 3 rings (SSSR count). The molecule has 1 aromatic heterocycles. The molecule has 1 heterocycles. The largest absolute Gasteiger partial charge is 0.369 e. The number of benzene rings is 1. The minimum Gasteiger partial charge on any atom is -0.369 e. The second-order valence-electron chi connectivity index (χ2n) is 6.17. The molecule has 2 aromatic rings. The quantitative estimate of drug-likeness (QED) is 0.494. The topological polar surface area (TPSA) is 134 Å². The number of hydrogen-bond donors (Lipinski definition) is 5. The Kier molecular flexibility index (Phi) is 5.60. The van der Waals surface area contributed by atoms with E-state index in [1.54, 1.807) is 18.2 Å². The Labute approximate surface area is 161 Å². The molecule has 27 heavy (non-hydrogen) atoms. The van der Waals surface area contributed by atoms with Crippen molar-refractivity contribution in [1.29, 1.82) is 0 Å². The van der Waals surface area contributed by atoms with Crippen LogP contribution in [0.25, 0.3) is 0 Å². The standard InChI is InChI=1S/C17H20ClN7O2/c1-20-17(27)24-13-6-10(4-5-12(13)18)23-16-22-8-11(14(19)26)15(25-16)21-7-9-2-3-9/h4-6,8-9H,2-3,7H2,1H3,(H2,19,26)(H2,20,24,27)(H2,21,22,23,25). The monoisotopic (exact) mass is 389 g/mol. The first kappa shape index (κ1) is 18.7. The molecule has 0 aliphatic heterocycles. The van der Waals surface area contributed by atoms with Crippen LogP contribution in [0.2, 0.25) is 5.02 Å². The smallest absolute Gasteiger partial charge is 0.319 e. The lowest BCUT2D eigenvalue weighted by Gasteiger charge is -2.12. The highest BCUT2D eigenvalue weighted by Crippen LogP contribution is 2.30. The van der Waals surface area contributed by atoms with Crippen LogP contribution in [0.4, 0.5) is 27.9 Å². The third-order valence-electron chi connectivity index (χ3n) is 4.01. The number of nitrogens with zero attached hydrogens (tertiary/aromatic N) is 2. The number of aromatic nitrogens is 2. The van der Waals surface area contributed by atoms with Gasteiger partial charge in [-0.3, -0.25) is 4.79 Å². The first-order chi connectivity index (χ1) is 13.0. The second-order valence-corrected chi connectivity index (χ2v) is 6.58. The summed E-state index contributed by atoms with van der Waals surface area (Å²) in [5.74, 6) is 0.686. The van der Waals surface area contributed by atoms with Crippen molar-refractivity contribution in [3.05, 3.63) is 35.0 Å². The van der Waals surface area contributed by atoms with Gasteiger partial charge in [-0.2, -0.15) is 4.98 Å². The molecule has 10 heteroatoms. The Morgan fingerprint density at radius 1 is 1.33 bits per heavy atom. The summed E-state index contributed by atoms with van der Waals surface area (Å²) in [6.07, 6.45) is 3.72. The third-order valence-corrected chi connectivity index (χ3v) is 4.34. The van der Waals surface area contributed by atoms with Gasteiger partial charge in [0.1, 0.15) is 5.82 Å². The lowest BCUT2D eigenvalue weighted by atomic mass is 10.2. The fourth-order valence-corrected chi connectivity index (χ4v) is 2.50. The average molecular weight is 390 g/mol. The van der Waals surface area contributed by atoms with Crippen molar-refractivity contribution in [2.24, 2.45) is 11.7 Å². The number of rotatable bonds is 7. The van der Waals surface area contributed by atoms with Crippen molar-refractivity contribution in [2.75, 3.05) is 29.5 Å². The number of anilines is 4. The number of carbonyl (C=O) groups is 2. The van der Waals surface area contributed by atoms with E-state index < -0.39 is 5.91 Å². The highest BCUT2D eigenvalue weighted by Gasteiger charge is 2.22. The molecular formula is C17H20ClN7O2. The molecular weight excluding hydrogens is 370 g/mol. The number of nitrogens with one attached hydrogen (secondary N) is 4. The Morgan fingerprint density at radius 2 is 2.11 bits per heavy atom. The Hall–Kier alpha value is -3.07. The lowest BCUT2D eigenvalue weighted by molar-refractivity contribution is 0.100. The first-order valence-electron chi connectivity index (χ1n) is 8.42. The van der Waals surface area contributed by atoms with Crippen molar-refractivity contribution < 1.29 is 9.59 Å². The van der Waals surface area contributed by atoms with Crippen LogP contribution in [0.5, 0.6) is 0 Å². The fourth-order valence-electron chi connectivity index (χ4n) is 2.33. The molecule has 1 aliphatic carbocycles. The zero-order chi connectivity index (χ0) is 19.4. The van der Waals surface area contributed by atoms with Crippen LogP contribution in [0.1, 0.15) is 23.2 Å². The Bertz CT molecular complexity index is 870. The molecule has 0 unspecified atom stereocenters. The van der Waals surface area contributed by atoms with E-state index in [0.29, 0.717) is 28.1 Å². The maximum atomic E-state index is 11.6. The van der Waals surface area contributed by atoms with Gasteiger partial charge in [0.2, 0.25) is 5.95 Å². The zero-order valence-corrected chi connectivity index (χ0v) is 15.4. The number of nitrogens with two attached hydrogens (primary N) is 1. The van der Waals surface area contributed by atoms with Crippen LogP contribution in [0.3, 0.4) is 0 Å². The van der Waals surface area contributed by atoms with Crippen molar-refractivity contribution >= 4 is 46.7 Å². The number of hydrogen-bond acceptors (Lipinski definition) is 6. The minimum absolute atomic E-state index is 0.235. The van der Waals surface area contributed by atoms with E-state index in [1.165, 1.54) is 26.1 Å². The lowest BCUT2D eigenvalue weighted by Crippen LogP contribution is -2.24. The van der Waals surface area contributed by atoms with Gasteiger partial charge in [0.25, 0.3) is 5.91 Å². The molecule has 0 atom stereocenters. The summed E-state index contributed by atoms with van der Waals surface area (Å²) in [6, 6.07) is 4.63. The van der Waals surface area contributed by atoms with Crippen LogP contribution in [0.15, 0.2) is 24.4 Å². The summed E-state index contributed by atoms with van der Waals surface area (Å²) in [4.78, 5) is 31.6. The summed E-state index contributed by atoms with van der Waals surface area (Å²) >= 11 is 6.09. The van der Waals surface area contributed by atoms with Crippen LogP contribution < -0.4 is 27.0 Å².